The molecule has 192 valence electrons. The molecule has 1 aromatic heterocycles. The van der Waals surface area contributed by atoms with Gasteiger partial charge in [-0.25, -0.2) is 9.78 Å². The first kappa shape index (κ1) is 25.7. The number of methoxy groups -OCH3 is 1. The van der Waals surface area contributed by atoms with E-state index in [-0.39, 0.29) is 6.54 Å². The second-order valence-corrected chi connectivity index (χ2v) is 8.68. The van der Waals surface area contributed by atoms with Crippen molar-refractivity contribution < 1.29 is 27.5 Å². The van der Waals surface area contributed by atoms with Gasteiger partial charge in [0.2, 0.25) is 5.91 Å². The number of alkyl halides is 3. The topological polar surface area (TPSA) is 99.2 Å². The molecule has 4 aromatic rings. The molecule has 37 heavy (non-hydrogen) atoms. The molecule has 0 aliphatic rings. The van der Waals surface area contributed by atoms with Crippen molar-refractivity contribution in [3.8, 4) is 16.8 Å². The Kier molecular flexibility index (Phi) is 6.93. The molecule has 0 aliphatic heterocycles. The van der Waals surface area contributed by atoms with Crippen molar-refractivity contribution in [2.45, 2.75) is 26.4 Å². The van der Waals surface area contributed by atoms with Crippen LogP contribution in [0.2, 0.25) is 0 Å². The molecule has 0 spiro atoms. The normalized spacial score (nSPS) is 11.5. The van der Waals surface area contributed by atoms with Crippen molar-refractivity contribution in [2.24, 2.45) is 5.73 Å². The quantitative estimate of drug-likeness (QED) is 0.317. The smallest absolute Gasteiger partial charge is 0.390 e. The van der Waals surface area contributed by atoms with Gasteiger partial charge in [0.15, 0.2) is 0 Å². The fraction of sp³-hybridized carbons (Fsp3) is 0.222. The molecule has 1 heterocycles. The fourth-order valence-electron chi connectivity index (χ4n) is 4.22. The van der Waals surface area contributed by atoms with E-state index in [1.165, 1.54) is 7.11 Å². The molecule has 0 aliphatic carbocycles. The summed E-state index contributed by atoms with van der Waals surface area (Å²) in [6, 6.07) is 14.0. The Labute approximate surface area is 211 Å². The maximum absolute atomic E-state index is 12.8. The number of hydrogen-bond acceptors (Lipinski definition) is 5. The number of fused-ring (bicyclic) bond motifs is 1. The molecule has 7 nitrogen and oxygen atoms in total. The summed E-state index contributed by atoms with van der Waals surface area (Å²) in [5.41, 5.74) is 11.4. The second-order valence-electron chi connectivity index (χ2n) is 8.68. The number of carbonyl (C=O) groups is 2. The van der Waals surface area contributed by atoms with E-state index >= 15 is 0 Å². The summed E-state index contributed by atoms with van der Waals surface area (Å²) in [7, 11) is 1.31. The molecule has 0 bridgehead atoms. The molecule has 1 amide bonds. The van der Waals surface area contributed by atoms with Crippen LogP contribution in [0.3, 0.4) is 0 Å². The van der Waals surface area contributed by atoms with Crippen molar-refractivity contribution >= 4 is 28.6 Å². The molecule has 0 unspecified atom stereocenters. The number of nitrogens with two attached hydrogens (primary N) is 1. The van der Waals surface area contributed by atoms with Gasteiger partial charge in [-0.2, -0.15) is 13.2 Å². The molecule has 4 rings (SSSR count). The molecule has 0 atom stereocenters. The Bertz CT molecular complexity index is 1510. The number of aryl methyl sites for hydroxylation is 2. The number of nitrogens with zero attached hydrogens (tertiary/aromatic N) is 2. The third-order valence-corrected chi connectivity index (χ3v) is 6.09. The lowest BCUT2D eigenvalue weighted by Crippen LogP contribution is -2.14. The third-order valence-electron chi connectivity index (χ3n) is 6.09. The number of benzene rings is 3. The van der Waals surface area contributed by atoms with Crippen molar-refractivity contribution in [3.05, 3.63) is 77.1 Å². The Hall–Kier alpha value is -4.34. The SMILES string of the molecule is COC(=O)c1ccc(-c2cc(NCCC(F)(F)F)c3ncn(-c4ccc(C(N)=O)c(C)c4)c3c2)cc1C. The van der Waals surface area contributed by atoms with Gasteiger partial charge in [-0.1, -0.05) is 12.1 Å². The molecular weight excluding hydrogens is 485 g/mol. The van der Waals surface area contributed by atoms with Gasteiger partial charge in [-0.15, -0.1) is 0 Å². The Balaban J connectivity index is 1.85. The highest BCUT2D eigenvalue weighted by molar-refractivity contribution is 5.96. The fourth-order valence-corrected chi connectivity index (χ4v) is 4.22. The van der Waals surface area contributed by atoms with Gasteiger partial charge in [0.05, 0.1) is 30.3 Å². The first-order chi connectivity index (χ1) is 17.5. The van der Waals surface area contributed by atoms with Crippen LogP contribution in [0.5, 0.6) is 0 Å². The van der Waals surface area contributed by atoms with E-state index in [1.807, 2.05) is 12.1 Å². The number of esters is 1. The van der Waals surface area contributed by atoms with E-state index in [0.717, 1.165) is 5.56 Å². The highest BCUT2D eigenvalue weighted by Crippen LogP contribution is 2.33. The zero-order valence-corrected chi connectivity index (χ0v) is 20.4. The summed E-state index contributed by atoms with van der Waals surface area (Å²) >= 11 is 0. The van der Waals surface area contributed by atoms with Crippen molar-refractivity contribution in [2.75, 3.05) is 19.0 Å². The standard InChI is InChI=1S/C27H25F3N4O3/c1-15-10-17(4-6-21(15)26(36)37-3)18-12-22(32-9-8-27(28,29)30)24-23(13-18)34(14-33-24)19-5-7-20(25(31)35)16(2)11-19/h4-7,10-14,32H,8-9H2,1-3H3,(H2,31,35). The monoisotopic (exact) mass is 510 g/mol. The average Bonchev–Trinajstić information content (AvgIpc) is 3.26. The first-order valence-electron chi connectivity index (χ1n) is 11.4. The number of halogens is 3. The van der Waals surface area contributed by atoms with Crippen molar-refractivity contribution in [1.29, 1.82) is 0 Å². The number of rotatable bonds is 7. The summed E-state index contributed by atoms with van der Waals surface area (Å²) < 4.78 is 45.1. The number of hydrogen-bond donors (Lipinski definition) is 2. The van der Waals surface area contributed by atoms with Gasteiger partial charge in [0, 0.05) is 17.8 Å². The minimum absolute atomic E-state index is 0.318. The first-order valence-corrected chi connectivity index (χ1v) is 11.4. The largest absolute Gasteiger partial charge is 0.465 e. The van der Waals surface area contributed by atoms with Crippen LogP contribution in [0.1, 0.15) is 38.3 Å². The summed E-state index contributed by atoms with van der Waals surface area (Å²) in [5.74, 6) is -0.995. The number of carbonyl (C=O) groups excluding carboxylic acids is 2. The summed E-state index contributed by atoms with van der Waals surface area (Å²) in [5, 5.41) is 2.88. The Morgan fingerprint density at radius 2 is 1.70 bits per heavy atom. The zero-order chi connectivity index (χ0) is 26.9. The number of ether oxygens (including phenoxy) is 1. The van der Waals surface area contributed by atoms with Crippen LogP contribution in [-0.2, 0) is 4.74 Å². The van der Waals surface area contributed by atoms with Crippen LogP contribution in [-0.4, -0.2) is 41.3 Å². The maximum Gasteiger partial charge on any atom is 0.390 e. The second kappa shape index (κ2) is 9.96. The van der Waals surface area contributed by atoms with Gasteiger partial charge in [0.1, 0.15) is 11.8 Å². The number of amides is 1. The van der Waals surface area contributed by atoms with Crippen LogP contribution >= 0.6 is 0 Å². The molecule has 10 heteroatoms. The molecular formula is C27H25F3N4O3. The summed E-state index contributed by atoms with van der Waals surface area (Å²) in [4.78, 5) is 28.1. The lowest BCUT2D eigenvalue weighted by atomic mass is 9.98. The van der Waals surface area contributed by atoms with Crippen LogP contribution in [0.15, 0.2) is 54.9 Å². The molecule has 0 saturated heterocycles. The van der Waals surface area contributed by atoms with Crippen LogP contribution in [0.25, 0.3) is 27.8 Å². The predicted octanol–water partition coefficient (Wildman–Crippen LogP) is 5.56. The Morgan fingerprint density at radius 1 is 1.00 bits per heavy atom. The molecule has 0 fully saturated rings. The van der Waals surface area contributed by atoms with Crippen molar-refractivity contribution in [1.82, 2.24) is 9.55 Å². The van der Waals surface area contributed by atoms with Gasteiger partial charge >= 0.3 is 12.1 Å². The number of anilines is 1. The minimum atomic E-state index is -4.30. The van der Waals surface area contributed by atoms with Gasteiger partial charge in [-0.05, 0) is 72.5 Å². The maximum atomic E-state index is 12.8. The van der Waals surface area contributed by atoms with E-state index in [0.29, 0.717) is 50.2 Å². The molecule has 0 saturated carbocycles. The number of primary amides is 1. The van der Waals surface area contributed by atoms with Crippen LogP contribution < -0.4 is 11.1 Å². The van der Waals surface area contributed by atoms with E-state index in [9.17, 15) is 22.8 Å². The summed E-state index contributed by atoms with van der Waals surface area (Å²) in [6.45, 7) is 3.23. The number of imidazole rings is 1. The minimum Gasteiger partial charge on any atom is -0.465 e. The van der Waals surface area contributed by atoms with E-state index < -0.39 is 24.5 Å². The van der Waals surface area contributed by atoms with E-state index in [4.69, 9.17) is 10.5 Å². The van der Waals surface area contributed by atoms with Crippen molar-refractivity contribution in [3.63, 3.8) is 0 Å². The zero-order valence-electron chi connectivity index (χ0n) is 20.4. The lowest BCUT2D eigenvalue weighted by molar-refractivity contribution is -0.131. The lowest BCUT2D eigenvalue weighted by Gasteiger charge is -2.14. The van der Waals surface area contributed by atoms with Crippen LogP contribution in [0.4, 0.5) is 18.9 Å². The summed E-state index contributed by atoms with van der Waals surface area (Å²) in [6.07, 6.45) is -3.72. The van der Waals surface area contributed by atoms with Gasteiger partial charge < -0.3 is 15.8 Å². The van der Waals surface area contributed by atoms with Crippen LogP contribution in [0, 0.1) is 13.8 Å². The predicted molar refractivity (Wildman–Crippen MR) is 135 cm³/mol. The Morgan fingerprint density at radius 3 is 2.32 bits per heavy atom. The number of nitrogens with one attached hydrogen (secondary N) is 1. The molecule has 3 N–H and O–H groups in total. The molecule has 0 radical (unpaired) electrons. The highest BCUT2D eigenvalue weighted by Gasteiger charge is 2.26. The third kappa shape index (κ3) is 5.42. The number of aromatic nitrogens is 2. The van der Waals surface area contributed by atoms with Gasteiger partial charge in [-0.3, -0.25) is 9.36 Å². The van der Waals surface area contributed by atoms with E-state index in [2.05, 4.69) is 10.3 Å². The van der Waals surface area contributed by atoms with Gasteiger partial charge in [0.25, 0.3) is 0 Å². The highest BCUT2D eigenvalue weighted by atomic mass is 19.4. The average molecular weight is 511 g/mol. The molecule has 3 aromatic carbocycles. The van der Waals surface area contributed by atoms with E-state index in [1.54, 1.807) is 61.1 Å².